The van der Waals surface area contributed by atoms with E-state index in [4.69, 9.17) is 9.47 Å². The lowest BCUT2D eigenvalue weighted by Gasteiger charge is -2.50. The third-order valence-corrected chi connectivity index (χ3v) is 10.6. The fourth-order valence-electron chi connectivity index (χ4n) is 8.22. The van der Waals surface area contributed by atoms with Gasteiger partial charge in [0.05, 0.1) is 38.0 Å². The number of fused-ring (bicyclic) bond motifs is 7. The lowest BCUT2D eigenvalue weighted by Crippen LogP contribution is -2.72. The van der Waals surface area contributed by atoms with Crippen molar-refractivity contribution in [2.75, 3.05) is 45.2 Å². The van der Waals surface area contributed by atoms with Crippen molar-refractivity contribution in [3.63, 3.8) is 0 Å². The van der Waals surface area contributed by atoms with Gasteiger partial charge >= 0.3 is 6.09 Å². The number of carbonyl (C=O) groups excluding carboxylic acids is 3. The average molecular weight is 607 g/mol. The molecule has 13 nitrogen and oxygen atoms in total. The molecule has 236 valence electrons. The Hall–Kier alpha value is -3.23. The summed E-state index contributed by atoms with van der Waals surface area (Å²) >= 11 is 0. The molecule has 13 heteroatoms. The molecular weight excluding hydrogens is 564 g/mol. The van der Waals surface area contributed by atoms with Crippen LogP contribution >= 0.6 is 0 Å². The molecule has 4 N–H and O–H groups in total. The number of ether oxygens (including phenoxy) is 2. The van der Waals surface area contributed by atoms with Crippen molar-refractivity contribution < 1.29 is 23.9 Å². The maximum atomic E-state index is 13.8. The van der Waals surface area contributed by atoms with Crippen LogP contribution < -0.4 is 21.3 Å². The predicted molar refractivity (Wildman–Crippen MR) is 159 cm³/mol. The Kier molecular flexibility index (Phi) is 7.05. The maximum Gasteiger partial charge on any atom is 0.409 e. The predicted octanol–water partition coefficient (Wildman–Crippen LogP) is 0.803. The van der Waals surface area contributed by atoms with E-state index >= 15 is 0 Å². The zero-order valence-electron chi connectivity index (χ0n) is 25.2. The van der Waals surface area contributed by atoms with Crippen molar-refractivity contribution in [3.8, 4) is 0 Å². The van der Waals surface area contributed by atoms with E-state index in [1.807, 2.05) is 9.91 Å². The van der Waals surface area contributed by atoms with Gasteiger partial charge in [0.1, 0.15) is 19.1 Å². The highest BCUT2D eigenvalue weighted by molar-refractivity contribution is 5.82. The summed E-state index contributed by atoms with van der Waals surface area (Å²) in [7, 11) is 1.44. The first kappa shape index (κ1) is 28.3. The summed E-state index contributed by atoms with van der Waals surface area (Å²) in [5.41, 5.74) is 3.47. The van der Waals surface area contributed by atoms with Gasteiger partial charge in [-0.15, -0.1) is 0 Å². The molecule has 1 aromatic carbocycles. The Morgan fingerprint density at radius 3 is 2.86 bits per heavy atom. The van der Waals surface area contributed by atoms with Crippen LogP contribution in [0.2, 0.25) is 0 Å². The number of rotatable bonds is 2. The van der Waals surface area contributed by atoms with Crippen molar-refractivity contribution in [1.82, 2.24) is 35.8 Å². The number of allylic oxidation sites excluding steroid dienone is 1. The molecule has 1 saturated carbocycles. The van der Waals surface area contributed by atoms with Gasteiger partial charge in [0, 0.05) is 37.3 Å². The Morgan fingerprint density at radius 2 is 2.02 bits per heavy atom. The molecular formula is C31H42N8O5. The van der Waals surface area contributed by atoms with E-state index in [0.29, 0.717) is 32.7 Å². The average Bonchev–Trinajstić information content (AvgIpc) is 3.74. The van der Waals surface area contributed by atoms with Crippen LogP contribution in [0, 0.1) is 5.92 Å². The summed E-state index contributed by atoms with van der Waals surface area (Å²) in [5, 5.41) is 18.6. The van der Waals surface area contributed by atoms with Gasteiger partial charge < -0.3 is 24.6 Å². The second-order valence-electron chi connectivity index (χ2n) is 13.2. The lowest BCUT2D eigenvalue weighted by molar-refractivity contribution is -0.176. The van der Waals surface area contributed by atoms with E-state index in [-0.39, 0.29) is 66.7 Å². The number of morpholine rings is 1. The lowest BCUT2D eigenvalue weighted by atomic mass is 9.87. The molecule has 3 amide bonds. The van der Waals surface area contributed by atoms with E-state index in [1.54, 1.807) is 4.90 Å². The van der Waals surface area contributed by atoms with Gasteiger partial charge in [-0.2, -0.15) is 5.01 Å². The molecule has 1 aromatic rings. The van der Waals surface area contributed by atoms with Crippen molar-refractivity contribution in [2.24, 2.45) is 5.92 Å². The normalized spacial score (nSPS) is 35.2. The first-order valence-corrected chi connectivity index (χ1v) is 16.1. The van der Waals surface area contributed by atoms with Gasteiger partial charge in [0.15, 0.2) is 0 Å². The monoisotopic (exact) mass is 606 g/mol. The SMILES string of the molecule is COC(=O)N1Cc2cc(NC3NCC4C(=O)N5C/C=C\CCCN6C(=O)COC7CCC(NC76)N5C4N3)ccc2C2(CC2)C1. The van der Waals surface area contributed by atoms with Crippen LogP contribution in [0.15, 0.2) is 30.4 Å². The minimum Gasteiger partial charge on any atom is -0.453 e. The fourth-order valence-corrected chi connectivity index (χ4v) is 8.22. The van der Waals surface area contributed by atoms with Crippen LogP contribution in [0.4, 0.5) is 10.5 Å². The van der Waals surface area contributed by atoms with Crippen molar-refractivity contribution in [2.45, 2.75) is 81.4 Å². The van der Waals surface area contributed by atoms with E-state index in [0.717, 1.165) is 49.8 Å². The number of hydrogen-bond acceptors (Lipinski definition) is 10. The molecule has 44 heavy (non-hydrogen) atoms. The molecule has 4 saturated heterocycles. The Labute approximate surface area is 257 Å². The molecule has 8 rings (SSSR count). The van der Waals surface area contributed by atoms with Gasteiger partial charge in [0.2, 0.25) is 11.8 Å². The second kappa shape index (κ2) is 11.0. The number of hydrogen-bond donors (Lipinski definition) is 4. The highest BCUT2D eigenvalue weighted by Crippen LogP contribution is 2.52. The number of hydrazine groups is 1. The Balaban J connectivity index is 1.03. The molecule has 6 atom stereocenters. The minimum atomic E-state index is -0.284. The third-order valence-electron chi connectivity index (χ3n) is 10.6. The van der Waals surface area contributed by atoms with Crippen molar-refractivity contribution in [3.05, 3.63) is 41.5 Å². The molecule has 7 aliphatic rings. The van der Waals surface area contributed by atoms with Gasteiger partial charge in [0.25, 0.3) is 0 Å². The minimum absolute atomic E-state index is 0.0179. The van der Waals surface area contributed by atoms with Crippen LogP contribution in [0.5, 0.6) is 0 Å². The van der Waals surface area contributed by atoms with Crippen LogP contribution in [-0.4, -0.2) is 109 Å². The van der Waals surface area contributed by atoms with E-state index in [2.05, 4.69) is 56.6 Å². The maximum absolute atomic E-state index is 13.8. The second-order valence-corrected chi connectivity index (χ2v) is 13.2. The van der Waals surface area contributed by atoms with E-state index in [1.165, 1.54) is 12.7 Å². The van der Waals surface area contributed by atoms with Crippen LogP contribution in [0.3, 0.4) is 0 Å². The van der Waals surface area contributed by atoms with Crippen LogP contribution in [0.1, 0.15) is 49.7 Å². The first-order valence-electron chi connectivity index (χ1n) is 16.1. The number of benzene rings is 1. The summed E-state index contributed by atoms with van der Waals surface area (Å²) in [6.45, 7) is 3.10. The number of carbonyl (C=O) groups is 3. The third kappa shape index (κ3) is 4.76. The molecule has 2 bridgehead atoms. The number of anilines is 1. The largest absolute Gasteiger partial charge is 0.453 e. The van der Waals surface area contributed by atoms with E-state index in [9.17, 15) is 14.4 Å². The molecule has 0 radical (unpaired) electrons. The standard InChI is InChI=1S/C31H42N8O5/c1-43-30(42)36-16-19-14-20(6-7-22(19)31(18-36)10-11-31)33-29-32-15-21-26(35-29)39-24-9-8-23-27(34-24)37(25(40)17-44-23)12-4-2-3-5-13-38(39)28(21)41/h3,5-7,14,21,23-24,26-27,29,32-35H,2,4,8-13,15-18H2,1H3/b5-3-. The number of amides is 3. The van der Waals surface area contributed by atoms with E-state index < -0.39 is 0 Å². The zero-order chi connectivity index (χ0) is 30.0. The highest BCUT2D eigenvalue weighted by Gasteiger charge is 2.54. The number of nitrogens with zero attached hydrogens (tertiary/aromatic N) is 4. The Morgan fingerprint density at radius 1 is 1.14 bits per heavy atom. The summed E-state index contributed by atoms with van der Waals surface area (Å²) in [5.74, 6) is -0.138. The molecule has 5 fully saturated rings. The van der Waals surface area contributed by atoms with Crippen LogP contribution in [-0.2, 0) is 31.0 Å². The van der Waals surface area contributed by atoms with Crippen molar-refractivity contribution >= 4 is 23.6 Å². The fraction of sp³-hybridized carbons (Fsp3) is 0.645. The zero-order valence-corrected chi connectivity index (χ0v) is 25.2. The number of piperidine rings is 1. The smallest absolute Gasteiger partial charge is 0.409 e. The molecule has 6 aliphatic heterocycles. The highest BCUT2D eigenvalue weighted by atomic mass is 16.5. The van der Waals surface area contributed by atoms with Gasteiger partial charge in [-0.25, -0.2) is 4.79 Å². The topological polar surface area (TPSA) is 131 Å². The summed E-state index contributed by atoms with van der Waals surface area (Å²) in [4.78, 5) is 42.8. The molecule has 1 spiro atoms. The first-order chi connectivity index (χ1) is 21.4. The summed E-state index contributed by atoms with van der Waals surface area (Å²) in [6.07, 6.45) is 8.54. The summed E-state index contributed by atoms with van der Waals surface area (Å²) in [6, 6.07) is 6.47. The van der Waals surface area contributed by atoms with Crippen LogP contribution in [0.25, 0.3) is 0 Å². The van der Waals surface area contributed by atoms with Crippen molar-refractivity contribution in [1.29, 1.82) is 0 Å². The van der Waals surface area contributed by atoms with Gasteiger partial charge in [-0.05, 0) is 61.8 Å². The van der Waals surface area contributed by atoms with Gasteiger partial charge in [-0.1, -0.05) is 18.2 Å². The number of methoxy groups -OCH3 is 1. The molecule has 6 unspecified atom stereocenters. The Bertz CT molecular complexity index is 1370. The molecule has 1 aliphatic carbocycles. The summed E-state index contributed by atoms with van der Waals surface area (Å²) < 4.78 is 11.0. The molecule has 0 aromatic heterocycles. The van der Waals surface area contributed by atoms with Gasteiger partial charge in [-0.3, -0.25) is 30.5 Å². The number of nitrogens with one attached hydrogen (secondary N) is 4. The molecule has 6 heterocycles. The quantitative estimate of drug-likeness (QED) is 0.359.